The molecule has 0 aliphatic carbocycles. The zero-order chi connectivity index (χ0) is 39.6. The van der Waals surface area contributed by atoms with Crippen molar-refractivity contribution in [3.63, 3.8) is 0 Å². The molecular weight excluding hydrogens is 725 g/mol. The highest BCUT2D eigenvalue weighted by Crippen LogP contribution is 2.43. The molecule has 11 aromatic carbocycles. The minimum absolute atomic E-state index is 1.10. The molecule has 2 heteroatoms. The lowest BCUT2D eigenvalue weighted by molar-refractivity contribution is 1.18. The maximum Gasteiger partial charge on any atom is 0.0547 e. The molecule has 12 rings (SSSR count). The van der Waals surface area contributed by atoms with Gasteiger partial charge >= 0.3 is 0 Å². The second-order valence-electron chi connectivity index (χ2n) is 15.8. The summed E-state index contributed by atoms with van der Waals surface area (Å²) in [4.78, 5) is 2.41. The van der Waals surface area contributed by atoms with Gasteiger partial charge < -0.3 is 9.47 Å². The lowest BCUT2D eigenvalue weighted by atomic mass is 9.97. The minimum Gasteiger partial charge on any atom is -0.310 e. The summed E-state index contributed by atoms with van der Waals surface area (Å²) in [6, 6.07) is 84.4. The average molecular weight is 763 g/mol. The summed E-state index contributed by atoms with van der Waals surface area (Å²) in [5.41, 5.74) is 11.6. The SMILES string of the molecule is c1ccc(-n2c3cc4ccccc4cc3c3c(-c4cccc(N(c5ccc(-c6ccc7ccccc7c6)cc5)c5ccc6c(ccc7ccccc76)c5)c4)cccc32)cc1. The molecule has 1 aromatic heterocycles. The number of anilines is 3. The number of rotatable bonds is 6. The van der Waals surface area contributed by atoms with E-state index in [-0.39, 0.29) is 0 Å². The van der Waals surface area contributed by atoms with Crippen LogP contribution in [-0.2, 0) is 0 Å². The van der Waals surface area contributed by atoms with Crippen LogP contribution in [0.5, 0.6) is 0 Å². The lowest BCUT2D eigenvalue weighted by Crippen LogP contribution is -2.10. The van der Waals surface area contributed by atoms with E-state index in [0.717, 1.165) is 22.7 Å². The summed E-state index contributed by atoms with van der Waals surface area (Å²) in [5.74, 6) is 0. The largest absolute Gasteiger partial charge is 0.310 e. The fourth-order valence-corrected chi connectivity index (χ4v) is 9.42. The van der Waals surface area contributed by atoms with E-state index < -0.39 is 0 Å². The van der Waals surface area contributed by atoms with Gasteiger partial charge in [-0.15, -0.1) is 0 Å². The molecule has 0 saturated heterocycles. The van der Waals surface area contributed by atoms with Gasteiger partial charge in [0.1, 0.15) is 0 Å². The second-order valence-corrected chi connectivity index (χ2v) is 15.8. The molecule has 0 aliphatic rings. The van der Waals surface area contributed by atoms with Gasteiger partial charge in [-0.2, -0.15) is 0 Å². The molecule has 0 bridgehead atoms. The highest BCUT2D eigenvalue weighted by Gasteiger charge is 2.19. The lowest BCUT2D eigenvalue weighted by Gasteiger charge is -2.27. The summed E-state index contributed by atoms with van der Waals surface area (Å²) >= 11 is 0. The first kappa shape index (κ1) is 34.1. The predicted molar refractivity (Wildman–Crippen MR) is 256 cm³/mol. The first-order valence-electron chi connectivity index (χ1n) is 20.7. The smallest absolute Gasteiger partial charge is 0.0547 e. The van der Waals surface area contributed by atoms with Gasteiger partial charge in [-0.3, -0.25) is 0 Å². The monoisotopic (exact) mass is 762 g/mol. The van der Waals surface area contributed by atoms with Crippen LogP contribution in [-0.4, -0.2) is 4.57 Å². The van der Waals surface area contributed by atoms with Crippen molar-refractivity contribution in [2.45, 2.75) is 0 Å². The first-order chi connectivity index (χ1) is 29.7. The number of aromatic nitrogens is 1. The Balaban J connectivity index is 1.04. The molecule has 0 radical (unpaired) electrons. The minimum atomic E-state index is 1.10. The van der Waals surface area contributed by atoms with Gasteiger partial charge in [0.2, 0.25) is 0 Å². The van der Waals surface area contributed by atoms with Crippen molar-refractivity contribution in [2.75, 3.05) is 4.90 Å². The number of hydrogen-bond donors (Lipinski definition) is 0. The molecule has 280 valence electrons. The van der Waals surface area contributed by atoms with Crippen molar-refractivity contribution in [3.8, 4) is 27.9 Å². The van der Waals surface area contributed by atoms with Crippen LogP contribution in [0, 0.1) is 0 Å². The van der Waals surface area contributed by atoms with Gasteiger partial charge in [-0.1, -0.05) is 158 Å². The Kier molecular flexibility index (Phi) is 7.89. The van der Waals surface area contributed by atoms with Crippen LogP contribution < -0.4 is 4.90 Å². The van der Waals surface area contributed by atoms with Crippen LogP contribution in [0.15, 0.2) is 231 Å². The van der Waals surface area contributed by atoms with Crippen LogP contribution in [0.3, 0.4) is 0 Å². The molecule has 12 aromatic rings. The van der Waals surface area contributed by atoms with Gasteiger partial charge in [0, 0.05) is 33.5 Å². The molecule has 2 nitrogen and oxygen atoms in total. The molecule has 60 heavy (non-hydrogen) atoms. The van der Waals surface area contributed by atoms with Crippen molar-refractivity contribution < 1.29 is 0 Å². The topological polar surface area (TPSA) is 8.17 Å². The Morgan fingerprint density at radius 1 is 0.283 bits per heavy atom. The number of nitrogens with zero attached hydrogens (tertiary/aromatic N) is 2. The standard InChI is InChI=1S/C58H38N2/c1-2-18-48(19-3-1)60-56-23-11-22-54(58(56)55-37-43-15-6-7-16-44(43)38-57(55)60)46-17-10-20-50(35-46)59(51-32-33-53-47(36-51)27-25-41-13-8-9-21-52(41)53)49-30-28-40(29-31-49)45-26-24-39-12-4-5-14-42(39)34-45/h1-38H. The molecule has 0 fully saturated rings. The normalized spacial score (nSPS) is 11.7. The Labute approximate surface area is 348 Å². The molecule has 0 N–H and O–H groups in total. The van der Waals surface area contributed by atoms with E-state index in [9.17, 15) is 0 Å². The van der Waals surface area contributed by atoms with E-state index in [1.165, 1.54) is 87.1 Å². The highest BCUT2D eigenvalue weighted by atomic mass is 15.1. The third-order valence-corrected chi connectivity index (χ3v) is 12.3. The van der Waals surface area contributed by atoms with Crippen molar-refractivity contribution in [3.05, 3.63) is 231 Å². The van der Waals surface area contributed by atoms with Gasteiger partial charge in [-0.05, 0) is 138 Å². The third-order valence-electron chi connectivity index (χ3n) is 12.3. The molecule has 0 atom stereocenters. The quantitative estimate of drug-likeness (QED) is 0.153. The van der Waals surface area contributed by atoms with E-state index in [1.54, 1.807) is 0 Å². The Morgan fingerprint density at radius 3 is 1.73 bits per heavy atom. The van der Waals surface area contributed by atoms with Gasteiger partial charge in [0.05, 0.1) is 11.0 Å². The number of para-hydroxylation sites is 1. The molecular formula is C58H38N2. The Morgan fingerprint density at radius 2 is 0.900 bits per heavy atom. The summed E-state index contributed by atoms with van der Waals surface area (Å²) in [7, 11) is 0. The van der Waals surface area contributed by atoms with Crippen LogP contribution in [0.1, 0.15) is 0 Å². The van der Waals surface area contributed by atoms with Crippen LogP contribution >= 0.6 is 0 Å². The molecule has 0 aliphatic heterocycles. The van der Waals surface area contributed by atoms with E-state index >= 15 is 0 Å². The second kappa shape index (κ2) is 13.9. The number of hydrogen-bond acceptors (Lipinski definition) is 1. The highest BCUT2D eigenvalue weighted by molar-refractivity contribution is 6.19. The summed E-state index contributed by atoms with van der Waals surface area (Å²) in [5, 5.41) is 12.5. The maximum absolute atomic E-state index is 2.42. The van der Waals surface area contributed by atoms with Crippen LogP contribution in [0.2, 0.25) is 0 Å². The number of fused-ring (bicyclic) bond motifs is 8. The van der Waals surface area contributed by atoms with Crippen LogP contribution in [0.4, 0.5) is 17.1 Å². The van der Waals surface area contributed by atoms with Crippen molar-refractivity contribution in [1.82, 2.24) is 4.57 Å². The summed E-state index contributed by atoms with van der Waals surface area (Å²) < 4.78 is 2.42. The van der Waals surface area contributed by atoms with Crippen molar-refractivity contribution in [2.24, 2.45) is 0 Å². The van der Waals surface area contributed by atoms with Crippen molar-refractivity contribution >= 4 is 82.0 Å². The fourth-order valence-electron chi connectivity index (χ4n) is 9.42. The average Bonchev–Trinajstić information content (AvgIpc) is 3.64. The zero-order valence-corrected chi connectivity index (χ0v) is 32.8. The Bertz CT molecular complexity index is 3600. The molecule has 0 amide bonds. The zero-order valence-electron chi connectivity index (χ0n) is 32.8. The van der Waals surface area contributed by atoms with E-state index in [0.29, 0.717) is 0 Å². The Hall–Kier alpha value is -7.94. The van der Waals surface area contributed by atoms with Crippen molar-refractivity contribution in [1.29, 1.82) is 0 Å². The number of benzene rings is 11. The molecule has 0 saturated carbocycles. The predicted octanol–water partition coefficient (Wildman–Crippen LogP) is 16.2. The summed E-state index contributed by atoms with van der Waals surface area (Å²) in [6.07, 6.45) is 0. The molecule has 0 spiro atoms. The molecule has 1 heterocycles. The first-order valence-corrected chi connectivity index (χ1v) is 20.7. The fraction of sp³-hybridized carbons (Fsp3) is 0. The van der Waals surface area contributed by atoms with Gasteiger partial charge in [0.15, 0.2) is 0 Å². The van der Waals surface area contributed by atoms with E-state index in [2.05, 4.69) is 240 Å². The summed E-state index contributed by atoms with van der Waals surface area (Å²) in [6.45, 7) is 0. The molecule has 0 unspecified atom stereocenters. The maximum atomic E-state index is 2.42. The van der Waals surface area contributed by atoms with Gasteiger partial charge in [0.25, 0.3) is 0 Å². The van der Waals surface area contributed by atoms with E-state index in [4.69, 9.17) is 0 Å². The van der Waals surface area contributed by atoms with Crippen LogP contribution in [0.25, 0.3) is 92.8 Å². The van der Waals surface area contributed by atoms with E-state index in [1.807, 2.05) is 0 Å². The van der Waals surface area contributed by atoms with Gasteiger partial charge in [-0.25, -0.2) is 0 Å². The third kappa shape index (κ3) is 5.65.